The molecule has 0 spiro atoms. The first-order chi connectivity index (χ1) is 14.3. The minimum atomic E-state index is -5.41. The van der Waals surface area contributed by atoms with Gasteiger partial charge in [0.2, 0.25) is 0 Å². The molecule has 2 aromatic heterocycles. The summed E-state index contributed by atoms with van der Waals surface area (Å²) >= 11 is 5.04. The number of phosphoric ester groups is 1. The molecule has 1 saturated heterocycles. The van der Waals surface area contributed by atoms with Crippen molar-refractivity contribution in [1.82, 2.24) is 19.5 Å². The van der Waals surface area contributed by atoms with Crippen molar-refractivity contribution in [2.24, 2.45) is 0 Å². The van der Waals surface area contributed by atoms with Crippen molar-refractivity contribution in [3.63, 3.8) is 0 Å². The Hall–Kier alpha value is -0.900. The van der Waals surface area contributed by atoms with Gasteiger partial charge in [0.25, 0.3) is 0 Å². The number of aromatic nitrogens is 4. The number of imidazole rings is 1. The molecule has 0 saturated carbocycles. The average molecular weight is 522 g/mol. The average Bonchev–Trinajstić information content (AvgIpc) is 3.16. The van der Waals surface area contributed by atoms with E-state index in [9.17, 15) is 28.8 Å². The first-order valence-electron chi connectivity index (χ1n) is 8.07. The zero-order valence-electron chi connectivity index (χ0n) is 15.6. The maximum absolute atomic E-state index is 12.6. The van der Waals surface area contributed by atoms with Gasteiger partial charge < -0.3 is 29.7 Å². The standard InChI is InChI=1S/C11H17N4O12P3S/c1-23-30(22,27-29(20,21)26-28(2,18)19)25-11-7(17)6(16)10(24-11)15-4-14-5-8(15)12-3-13-9(5)31/h3-4,6-7,10-11,16-17H,1-2H3,(H,18,19)(H,20,21)(H,12,13,31)/t6-,7+,10-,11-,30?/m1/s1. The van der Waals surface area contributed by atoms with Crippen molar-refractivity contribution in [2.75, 3.05) is 13.8 Å². The Bertz CT molecular complexity index is 1160. The number of nitrogens with one attached hydrogen (secondary N) is 1. The van der Waals surface area contributed by atoms with E-state index in [4.69, 9.17) is 26.4 Å². The monoisotopic (exact) mass is 522 g/mol. The highest BCUT2D eigenvalue weighted by molar-refractivity contribution is 7.71. The number of aliphatic hydroxyl groups is 2. The quantitative estimate of drug-likeness (QED) is 0.239. The molecule has 3 unspecified atom stereocenters. The van der Waals surface area contributed by atoms with E-state index in [2.05, 4.69) is 28.1 Å². The molecule has 5 N–H and O–H groups in total. The molecule has 31 heavy (non-hydrogen) atoms. The lowest BCUT2D eigenvalue weighted by atomic mass is 10.2. The van der Waals surface area contributed by atoms with Crippen molar-refractivity contribution in [2.45, 2.75) is 24.7 Å². The fourth-order valence-electron chi connectivity index (χ4n) is 2.57. The van der Waals surface area contributed by atoms with Crippen LogP contribution in [0.2, 0.25) is 0 Å². The Kier molecular flexibility index (Phi) is 7.02. The highest BCUT2D eigenvalue weighted by Gasteiger charge is 2.50. The van der Waals surface area contributed by atoms with Crippen molar-refractivity contribution in [3.8, 4) is 0 Å². The van der Waals surface area contributed by atoms with E-state index in [-0.39, 0.29) is 15.8 Å². The number of aliphatic hydroxyl groups excluding tert-OH is 2. The van der Waals surface area contributed by atoms with Gasteiger partial charge >= 0.3 is 23.2 Å². The van der Waals surface area contributed by atoms with Crippen molar-refractivity contribution in [3.05, 3.63) is 17.3 Å². The third-order valence-electron chi connectivity index (χ3n) is 3.76. The Morgan fingerprint density at radius 3 is 2.48 bits per heavy atom. The zero-order chi connectivity index (χ0) is 23.2. The van der Waals surface area contributed by atoms with Crippen molar-refractivity contribution in [1.29, 1.82) is 0 Å². The van der Waals surface area contributed by atoms with Crippen molar-refractivity contribution < 1.29 is 56.1 Å². The lowest BCUT2D eigenvalue weighted by Gasteiger charge is -2.23. The molecule has 1 fully saturated rings. The van der Waals surface area contributed by atoms with Gasteiger partial charge in [-0.15, -0.1) is 0 Å². The maximum atomic E-state index is 12.6. The van der Waals surface area contributed by atoms with E-state index < -0.39 is 48.0 Å². The molecule has 7 atom stereocenters. The van der Waals surface area contributed by atoms with Gasteiger partial charge in [0.15, 0.2) is 17.2 Å². The predicted octanol–water partition coefficient (Wildman–Crippen LogP) is 0.785. The van der Waals surface area contributed by atoms with E-state index in [0.717, 1.165) is 7.11 Å². The second kappa shape index (κ2) is 8.80. The molecule has 1 aliphatic rings. The van der Waals surface area contributed by atoms with Gasteiger partial charge in [-0.2, -0.15) is 4.31 Å². The molecule has 0 bridgehead atoms. The van der Waals surface area contributed by atoms with Crippen LogP contribution in [0.15, 0.2) is 12.7 Å². The van der Waals surface area contributed by atoms with Crippen LogP contribution < -0.4 is 0 Å². The molecule has 174 valence electrons. The smallest absolute Gasteiger partial charge is 0.385 e. The summed E-state index contributed by atoms with van der Waals surface area (Å²) in [6, 6.07) is 0. The van der Waals surface area contributed by atoms with Crippen LogP contribution in [0.1, 0.15) is 6.23 Å². The van der Waals surface area contributed by atoms with Gasteiger partial charge in [-0.25, -0.2) is 23.4 Å². The number of H-pyrrole nitrogens is 1. The Morgan fingerprint density at radius 2 is 1.87 bits per heavy atom. The summed E-state index contributed by atoms with van der Waals surface area (Å²) < 4.78 is 59.9. The number of hydrogen-bond donors (Lipinski definition) is 5. The fourth-order valence-corrected chi connectivity index (χ4v) is 6.64. The highest BCUT2D eigenvalue weighted by atomic mass is 32.1. The third kappa shape index (κ3) is 5.54. The molecule has 0 aromatic carbocycles. The van der Waals surface area contributed by atoms with Crippen molar-refractivity contribution >= 4 is 46.6 Å². The van der Waals surface area contributed by atoms with Crippen LogP contribution >= 0.6 is 35.5 Å². The van der Waals surface area contributed by atoms with Crippen LogP contribution in [0.4, 0.5) is 0 Å². The molecule has 0 aliphatic carbocycles. The van der Waals surface area contributed by atoms with E-state index in [1.54, 1.807) is 0 Å². The van der Waals surface area contributed by atoms with Gasteiger partial charge in [-0.1, -0.05) is 12.2 Å². The molecule has 3 heterocycles. The molecule has 20 heteroatoms. The van der Waals surface area contributed by atoms with E-state index in [1.807, 2.05) is 0 Å². The third-order valence-corrected chi connectivity index (χ3v) is 8.64. The molecule has 0 amide bonds. The SMILES string of the molecule is COP(=O)(O[C@H]1O[C@@H](n2cnc3c(=S)nc[nH]c32)[C@H](O)[C@@H]1O)OP(=O)(O)OP(C)(=O)O. The molecular weight excluding hydrogens is 505 g/mol. The summed E-state index contributed by atoms with van der Waals surface area (Å²) in [4.78, 5) is 29.2. The number of ether oxygens (including phenoxy) is 1. The lowest BCUT2D eigenvalue weighted by molar-refractivity contribution is -0.134. The van der Waals surface area contributed by atoms with Gasteiger partial charge in [0, 0.05) is 13.8 Å². The normalized spacial score (nSPS) is 30.0. The largest absolute Gasteiger partial charge is 0.488 e. The molecule has 1 aliphatic heterocycles. The summed E-state index contributed by atoms with van der Waals surface area (Å²) in [5.74, 6) is 0. The minimum absolute atomic E-state index is 0.154. The highest BCUT2D eigenvalue weighted by Crippen LogP contribution is 2.68. The van der Waals surface area contributed by atoms with Gasteiger partial charge in [0.1, 0.15) is 23.4 Å². The second-order valence-electron chi connectivity index (χ2n) is 6.10. The first kappa shape index (κ1) is 24.7. The molecule has 2 aromatic rings. The molecular formula is C11H17N4O12P3S. The zero-order valence-corrected chi connectivity index (χ0v) is 19.1. The summed E-state index contributed by atoms with van der Waals surface area (Å²) in [6.45, 7) is 0.582. The summed E-state index contributed by atoms with van der Waals surface area (Å²) in [6.07, 6.45) is -4.23. The first-order valence-corrected chi connectivity index (χ1v) is 13.5. The molecule has 3 rings (SSSR count). The van der Waals surface area contributed by atoms with Gasteiger partial charge in [0.05, 0.1) is 12.7 Å². The Balaban J connectivity index is 1.82. The number of rotatable bonds is 8. The van der Waals surface area contributed by atoms with Crippen LogP contribution in [-0.4, -0.2) is 71.8 Å². The number of hydrogen-bond acceptors (Lipinski definition) is 13. The number of phosphoric acid groups is 2. The Labute approximate surface area is 178 Å². The second-order valence-corrected chi connectivity index (χ2v) is 11.8. The molecule has 0 radical (unpaired) electrons. The number of aromatic amines is 1. The number of nitrogens with zero attached hydrogens (tertiary/aromatic N) is 3. The van der Waals surface area contributed by atoms with Crippen LogP contribution in [-0.2, 0) is 36.1 Å². The van der Waals surface area contributed by atoms with Gasteiger partial charge in [-0.05, 0) is 0 Å². The van der Waals surface area contributed by atoms with E-state index in [0.29, 0.717) is 6.66 Å². The minimum Gasteiger partial charge on any atom is -0.385 e. The summed E-state index contributed by atoms with van der Waals surface area (Å²) in [5, 5.41) is 20.6. The van der Waals surface area contributed by atoms with Crippen LogP contribution in [0, 0.1) is 4.64 Å². The Morgan fingerprint density at radius 1 is 1.19 bits per heavy atom. The van der Waals surface area contributed by atoms with E-state index >= 15 is 0 Å². The lowest BCUT2D eigenvalue weighted by Crippen LogP contribution is -2.32. The van der Waals surface area contributed by atoms with Gasteiger partial charge in [-0.3, -0.25) is 18.2 Å². The predicted molar refractivity (Wildman–Crippen MR) is 102 cm³/mol. The maximum Gasteiger partial charge on any atom is 0.488 e. The summed E-state index contributed by atoms with van der Waals surface area (Å²) in [7, 11) is -14.2. The fraction of sp³-hybridized carbons (Fsp3) is 0.545. The molecule has 16 nitrogen and oxygen atoms in total. The summed E-state index contributed by atoms with van der Waals surface area (Å²) in [5.41, 5.74) is 0.544. The van der Waals surface area contributed by atoms with Crippen LogP contribution in [0.5, 0.6) is 0 Å². The van der Waals surface area contributed by atoms with Crippen LogP contribution in [0.25, 0.3) is 11.2 Å². The van der Waals surface area contributed by atoms with Crippen LogP contribution in [0.3, 0.4) is 0 Å². The number of fused-ring (bicyclic) bond motifs is 1. The van der Waals surface area contributed by atoms with E-state index in [1.165, 1.54) is 17.2 Å². The topological polar surface area (TPSA) is 225 Å².